The minimum absolute atomic E-state index is 0.0932. The minimum Gasteiger partial charge on any atom is -0.504 e. The first kappa shape index (κ1) is 22.5. The van der Waals surface area contributed by atoms with Gasteiger partial charge in [0.25, 0.3) is 5.56 Å². The Bertz CT molecular complexity index is 1440. The van der Waals surface area contributed by atoms with E-state index in [1.807, 2.05) is 0 Å². The number of rotatable bonds is 5. The van der Waals surface area contributed by atoms with Crippen molar-refractivity contribution in [3.63, 3.8) is 0 Å². The maximum Gasteiger partial charge on any atom is 0.338 e. The summed E-state index contributed by atoms with van der Waals surface area (Å²) >= 11 is 1.13. The molecule has 0 saturated carbocycles. The van der Waals surface area contributed by atoms with E-state index in [0.29, 0.717) is 26.2 Å². The van der Waals surface area contributed by atoms with Gasteiger partial charge in [0.05, 0.1) is 35.6 Å². The third-order valence-electron chi connectivity index (χ3n) is 5.24. The third kappa shape index (κ3) is 4.07. The Balaban J connectivity index is 1.96. The van der Waals surface area contributed by atoms with Crippen LogP contribution in [0.1, 0.15) is 31.0 Å². The number of hydrogen-bond donors (Lipinski definition) is 1. The van der Waals surface area contributed by atoms with Crippen molar-refractivity contribution in [3.05, 3.63) is 90.4 Å². The maximum absolute atomic E-state index is 13.6. The van der Waals surface area contributed by atoms with Gasteiger partial charge in [0, 0.05) is 5.56 Å². The quantitative estimate of drug-likeness (QED) is 0.582. The second-order valence-corrected chi connectivity index (χ2v) is 8.26. The van der Waals surface area contributed by atoms with Gasteiger partial charge in [-0.2, -0.15) is 0 Å². The molecular weight excluding hydrogens is 447 g/mol. The molecular formula is C24H21FN2O5S. The standard InChI is InChI=1S/C24H21FN2O5S/c1-4-32-23(30)19-13(2)26-24-27(20(19)14-8-10-16(25)11-9-14)22(29)18(33-24)12-15-6-5-7-17(31-3)21(15)28/h5-12,20,28H,4H2,1-3H3/b18-12-/t20-/m0/s1. The van der Waals surface area contributed by atoms with E-state index in [2.05, 4.69) is 4.99 Å². The number of hydrogen-bond acceptors (Lipinski definition) is 7. The predicted octanol–water partition coefficient (Wildman–Crippen LogP) is 2.65. The van der Waals surface area contributed by atoms with Crippen molar-refractivity contribution < 1.29 is 23.8 Å². The normalized spacial score (nSPS) is 15.8. The molecule has 7 nitrogen and oxygen atoms in total. The zero-order valence-electron chi connectivity index (χ0n) is 18.2. The van der Waals surface area contributed by atoms with Crippen molar-refractivity contribution in [2.45, 2.75) is 19.9 Å². The molecule has 1 N–H and O–H groups in total. The number of carbonyl (C=O) groups excluding carboxylic acids is 1. The van der Waals surface area contributed by atoms with E-state index in [4.69, 9.17) is 9.47 Å². The Kier molecular flexibility index (Phi) is 6.15. The molecule has 0 saturated heterocycles. The third-order valence-corrected chi connectivity index (χ3v) is 6.22. The number of ether oxygens (including phenoxy) is 2. The van der Waals surface area contributed by atoms with Crippen LogP contribution in [-0.2, 0) is 9.53 Å². The Hall–Kier alpha value is -3.72. The molecule has 3 aromatic rings. The summed E-state index contributed by atoms with van der Waals surface area (Å²) < 4.78 is 25.7. The highest BCUT2D eigenvalue weighted by atomic mass is 32.1. The van der Waals surface area contributed by atoms with Crippen LogP contribution in [0.3, 0.4) is 0 Å². The number of fused-ring (bicyclic) bond motifs is 1. The summed E-state index contributed by atoms with van der Waals surface area (Å²) in [5.41, 5.74) is 1.18. The second-order valence-electron chi connectivity index (χ2n) is 7.25. The average molecular weight is 469 g/mol. The number of phenolic OH excluding ortho intramolecular Hbond substituents is 1. The first-order chi connectivity index (χ1) is 15.8. The highest BCUT2D eigenvalue weighted by molar-refractivity contribution is 7.07. The zero-order chi connectivity index (χ0) is 23.7. The first-order valence-corrected chi connectivity index (χ1v) is 11.0. The average Bonchev–Trinajstić information content (AvgIpc) is 3.09. The largest absolute Gasteiger partial charge is 0.504 e. The van der Waals surface area contributed by atoms with E-state index in [-0.39, 0.29) is 23.7 Å². The van der Waals surface area contributed by atoms with E-state index in [1.165, 1.54) is 35.9 Å². The van der Waals surface area contributed by atoms with E-state index in [0.717, 1.165) is 11.3 Å². The van der Waals surface area contributed by atoms with E-state index < -0.39 is 23.4 Å². The fraction of sp³-hybridized carbons (Fsp3) is 0.208. The second kappa shape index (κ2) is 9.03. The number of benzene rings is 2. The van der Waals surface area contributed by atoms with Crippen LogP contribution in [0, 0.1) is 5.82 Å². The molecule has 0 bridgehead atoms. The topological polar surface area (TPSA) is 90.1 Å². The molecule has 2 heterocycles. The number of carbonyl (C=O) groups is 1. The number of methoxy groups -OCH3 is 1. The van der Waals surface area contributed by atoms with Crippen LogP contribution in [0.15, 0.2) is 63.5 Å². The number of halogens is 1. The molecule has 1 atom stereocenters. The number of aromatic hydroxyl groups is 1. The Morgan fingerprint density at radius 1 is 1.27 bits per heavy atom. The summed E-state index contributed by atoms with van der Waals surface area (Å²) in [6.45, 7) is 3.52. The van der Waals surface area contributed by atoms with Crippen molar-refractivity contribution >= 4 is 23.4 Å². The number of phenols is 1. The molecule has 0 aliphatic carbocycles. The van der Waals surface area contributed by atoms with Gasteiger partial charge in [0.1, 0.15) is 5.82 Å². The van der Waals surface area contributed by atoms with Gasteiger partial charge in [-0.05, 0) is 43.7 Å². The molecule has 0 fully saturated rings. The highest BCUT2D eigenvalue weighted by Crippen LogP contribution is 2.31. The number of allylic oxidation sites excluding steroid dienone is 1. The van der Waals surface area contributed by atoms with Gasteiger partial charge < -0.3 is 14.6 Å². The molecule has 1 aromatic heterocycles. The monoisotopic (exact) mass is 468 g/mol. The Labute approximate surface area is 192 Å². The molecule has 4 rings (SSSR count). The molecule has 1 aliphatic rings. The lowest BCUT2D eigenvalue weighted by atomic mass is 9.96. The Morgan fingerprint density at radius 3 is 2.67 bits per heavy atom. The lowest BCUT2D eigenvalue weighted by molar-refractivity contribution is -0.139. The SMILES string of the molecule is CCOC(=O)C1=C(C)N=c2s/c(=C\c3cccc(OC)c3O)c(=O)n2[C@H]1c1ccc(F)cc1. The van der Waals surface area contributed by atoms with Crippen molar-refractivity contribution in [3.8, 4) is 11.5 Å². The molecule has 1 aliphatic heterocycles. The van der Waals surface area contributed by atoms with Crippen molar-refractivity contribution in [2.24, 2.45) is 4.99 Å². The summed E-state index contributed by atoms with van der Waals surface area (Å²) in [5.74, 6) is -0.837. The minimum atomic E-state index is -0.832. The van der Waals surface area contributed by atoms with E-state index in [1.54, 1.807) is 38.1 Å². The zero-order valence-corrected chi connectivity index (χ0v) is 19.0. The van der Waals surface area contributed by atoms with Crippen LogP contribution in [0.2, 0.25) is 0 Å². The van der Waals surface area contributed by atoms with Gasteiger partial charge in [-0.1, -0.05) is 35.6 Å². The van der Waals surface area contributed by atoms with E-state index >= 15 is 0 Å². The number of para-hydroxylation sites is 1. The van der Waals surface area contributed by atoms with Crippen LogP contribution in [0.4, 0.5) is 4.39 Å². The summed E-state index contributed by atoms with van der Waals surface area (Å²) in [5, 5.41) is 10.4. The smallest absolute Gasteiger partial charge is 0.338 e. The van der Waals surface area contributed by atoms with Crippen molar-refractivity contribution in [1.82, 2.24) is 4.57 Å². The van der Waals surface area contributed by atoms with E-state index in [9.17, 15) is 19.1 Å². The summed E-state index contributed by atoms with van der Waals surface area (Å²) in [7, 11) is 1.44. The van der Waals surface area contributed by atoms with Crippen LogP contribution in [0.25, 0.3) is 6.08 Å². The number of thiazole rings is 1. The molecule has 9 heteroatoms. The summed E-state index contributed by atoms with van der Waals surface area (Å²) in [6, 6.07) is 9.75. The fourth-order valence-electron chi connectivity index (χ4n) is 3.71. The predicted molar refractivity (Wildman–Crippen MR) is 121 cm³/mol. The van der Waals surface area contributed by atoms with Crippen molar-refractivity contribution in [2.75, 3.05) is 13.7 Å². The highest BCUT2D eigenvalue weighted by Gasteiger charge is 2.33. The molecule has 33 heavy (non-hydrogen) atoms. The number of nitrogens with zero attached hydrogens (tertiary/aromatic N) is 2. The molecule has 0 radical (unpaired) electrons. The molecule has 170 valence electrons. The molecule has 0 amide bonds. The van der Waals surface area contributed by atoms with Gasteiger partial charge in [-0.15, -0.1) is 0 Å². The van der Waals surface area contributed by atoms with Crippen molar-refractivity contribution in [1.29, 1.82) is 0 Å². The lowest BCUT2D eigenvalue weighted by Crippen LogP contribution is -2.39. The number of esters is 1. The van der Waals surface area contributed by atoms with Gasteiger partial charge in [0.15, 0.2) is 16.3 Å². The lowest BCUT2D eigenvalue weighted by Gasteiger charge is -2.24. The van der Waals surface area contributed by atoms with Gasteiger partial charge in [-0.25, -0.2) is 14.2 Å². The van der Waals surface area contributed by atoms with Crippen LogP contribution >= 0.6 is 11.3 Å². The number of aromatic nitrogens is 1. The molecule has 0 unspecified atom stereocenters. The fourth-order valence-corrected chi connectivity index (χ4v) is 4.75. The molecule has 2 aromatic carbocycles. The summed E-state index contributed by atoms with van der Waals surface area (Å²) in [6.07, 6.45) is 1.55. The van der Waals surface area contributed by atoms with Crippen LogP contribution in [0.5, 0.6) is 11.5 Å². The van der Waals surface area contributed by atoms with Crippen LogP contribution in [-0.4, -0.2) is 29.4 Å². The maximum atomic E-state index is 13.6. The Morgan fingerprint density at radius 2 is 2.00 bits per heavy atom. The molecule has 0 spiro atoms. The first-order valence-electron chi connectivity index (χ1n) is 10.2. The van der Waals surface area contributed by atoms with Gasteiger partial charge in [0.2, 0.25) is 0 Å². The summed E-state index contributed by atoms with van der Waals surface area (Å²) in [4.78, 5) is 31.2. The van der Waals surface area contributed by atoms with Gasteiger partial charge >= 0.3 is 5.97 Å². The van der Waals surface area contributed by atoms with Gasteiger partial charge in [-0.3, -0.25) is 9.36 Å². The van der Waals surface area contributed by atoms with Crippen LogP contribution < -0.4 is 19.6 Å².